The van der Waals surface area contributed by atoms with Crippen LogP contribution in [0.4, 0.5) is 8.78 Å². The molecule has 0 radical (unpaired) electrons. The second kappa shape index (κ2) is 2.20. The Morgan fingerprint density at radius 2 is 1.57 bits per heavy atom. The van der Waals surface area contributed by atoms with Crippen molar-refractivity contribution in [3.63, 3.8) is 0 Å². The highest BCUT2D eigenvalue weighted by molar-refractivity contribution is 5.56. The van der Waals surface area contributed by atoms with Crippen LogP contribution < -0.4 is 0 Å². The fourth-order valence-electron chi connectivity index (χ4n) is 4.27. The zero-order valence-electron chi connectivity index (χ0n) is 8.06. The number of aldehydes is 1. The van der Waals surface area contributed by atoms with E-state index in [1.54, 1.807) is 0 Å². The van der Waals surface area contributed by atoms with Crippen molar-refractivity contribution >= 4 is 6.29 Å². The highest BCUT2D eigenvalue weighted by Crippen LogP contribution is 2.74. The van der Waals surface area contributed by atoms with Gasteiger partial charge in [-0.2, -0.15) is 0 Å². The average Bonchev–Trinajstić information content (AvgIpc) is 1.89. The Kier molecular flexibility index (Phi) is 1.38. The minimum absolute atomic E-state index is 0.0165. The van der Waals surface area contributed by atoms with Crippen LogP contribution >= 0.6 is 0 Å². The molecular formula is C11H14F2O. The maximum Gasteiger partial charge on any atom is 0.249 e. The first-order valence-electron chi connectivity index (χ1n) is 5.30. The lowest BCUT2D eigenvalue weighted by Crippen LogP contribution is -2.61. The van der Waals surface area contributed by atoms with Gasteiger partial charge in [-0.15, -0.1) is 0 Å². The third-order valence-electron chi connectivity index (χ3n) is 4.35. The highest BCUT2D eigenvalue weighted by atomic mass is 19.3. The minimum Gasteiger partial charge on any atom is -0.303 e. The predicted octanol–water partition coefficient (Wildman–Crippen LogP) is 2.79. The molecule has 3 fully saturated rings. The lowest BCUT2D eigenvalue weighted by molar-refractivity contribution is -0.252. The van der Waals surface area contributed by atoms with E-state index in [1.165, 1.54) is 0 Å². The van der Waals surface area contributed by atoms with Crippen molar-refractivity contribution in [2.75, 3.05) is 0 Å². The molecule has 3 saturated carbocycles. The van der Waals surface area contributed by atoms with Gasteiger partial charge in [-0.1, -0.05) is 0 Å². The molecule has 1 nitrogen and oxygen atoms in total. The Hall–Kier alpha value is -0.470. The van der Waals surface area contributed by atoms with Gasteiger partial charge in [0.1, 0.15) is 6.29 Å². The second-order valence-electron chi connectivity index (χ2n) is 5.87. The largest absolute Gasteiger partial charge is 0.303 e. The van der Waals surface area contributed by atoms with Crippen molar-refractivity contribution in [3.05, 3.63) is 0 Å². The summed E-state index contributed by atoms with van der Waals surface area (Å²) in [4.78, 5) is 10.4. The van der Waals surface area contributed by atoms with Crippen molar-refractivity contribution in [3.8, 4) is 0 Å². The van der Waals surface area contributed by atoms with Gasteiger partial charge in [0.2, 0.25) is 5.92 Å². The van der Waals surface area contributed by atoms with Crippen molar-refractivity contribution < 1.29 is 13.6 Å². The molecule has 14 heavy (non-hydrogen) atoms. The van der Waals surface area contributed by atoms with Gasteiger partial charge in [0.15, 0.2) is 0 Å². The van der Waals surface area contributed by atoms with Crippen LogP contribution in [0.15, 0.2) is 0 Å². The molecule has 0 aliphatic heterocycles. The molecule has 0 heterocycles. The van der Waals surface area contributed by atoms with E-state index in [0.717, 1.165) is 32.0 Å². The quantitative estimate of drug-likeness (QED) is 0.595. The number of halogens is 2. The second-order valence-corrected chi connectivity index (χ2v) is 5.87. The molecular weight excluding hydrogens is 186 g/mol. The molecule has 0 amide bonds. The molecule has 0 aromatic rings. The zero-order valence-corrected chi connectivity index (χ0v) is 8.06. The number of carbonyl (C=O) groups excluding carboxylic acids is 1. The third kappa shape index (κ3) is 1.01. The molecule has 2 spiro atoms. The van der Waals surface area contributed by atoms with E-state index in [2.05, 4.69) is 0 Å². The van der Waals surface area contributed by atoms with Crippen LogP contribution in [0.25, 0.3) is 0 Å². The first-order chi connectivity index (χ1) is 6.47. The molecule has 0 atom stereocenters. The lowest BCUT2D eigenvalue weighted by atomic mass is 9.37. The van der Waals surface area contributed by atoms with Crippen molar-refractivity contribution in [1.82, 2.24) is 0 Å². The van der Waals surface area contributed by atoms with Gasteiger partial charge in [-0.05, 0) is 36.5 Å². The summed E-state index contributed by atoms with van der Waals surface area (Å²) in [7, 11) is 0. The van der Waals surface area contributed by atoms with E-state index >= 15 is 0 Å². The standard InChI is InChI=1S/C11H14F2O/c12-11(13)6-10(7-11)4-9(5-10)1-8(2-9)3-14/h3,8H,1-2,4-7H2. The summed E-state index contributed by atoms with van der Waals surface area (Å²) < 4.78 is 25.4. The Balaban J connectivity index is 1.56. The number of hydrogen-bond acceptors (Lipinski definition) is 1. The summed E-state index contributed by atoms with van der Waals surface area (Å²) in [5.41, 5.74) is 0.291. The van der Waals surface area contributed by atoms with Gasteiger partial charge in [0.05, 0.1) is 0 Å². The van der Waals surface area contributed by atoms with E-state index in [0.29, 0.717) is 5.41 Å². The summed E-state index contributed by atoms with van der Waals surface area (Å²) in [6, 6.07) is 0. The van der Waals surface area contributed by atoms with Crippen LogP contribution in [0.5, 0.6) is 0 Å². The Bertz CT molecular complexity index is 274. The van der Waals surface area contributed by atoms with Crippen LogP contribution in [0.3, 0.4) is 0 Å². The molecule has 3 aliphatic rings. The third-order valence-corrected chi connectivity index (χ3v) is 4.35. The van der Waals surface area contributed by atoms with Crippen LogP contribution in [0, 0.1) is 16.7 Å². The van der Waals surface area contributed by atoms with Gasteiger partial charge in [-0.3, -0.25) is 0 Å². The molecule has 3 rings (SSSR count). The first-order valence-corrected chi connectivity index (χ1v) is 5.30. The summed E-state index contributed by atoms with van der Waals surface area (Å²) in [5.74, 6) is -2.15. The SMILES string of the molecule is O=CC1CC2(C1)CC1(CC(F)(F)C1)C2. The number of alkyl halides is 2. The molecule has 0 aromatic heterocycles. The zero-order chi connectivity index (χ0) is 10.0. The molecule has 78 valence electrons. The van der Waals surface area contributed by atoms with Crippen LogP contribution in [0.1, 0.15) is 38.5 Å². The van der Waals surface area contributed by atoms with Gasteiger partial charge in [0, 0.05) is 18.8 Å². The van der Waals surface area contributed by atoms with E-state index in [1.807, 2.05) is 0 Å². The Morgan fingerprint density at radius 3 is 2.00 bits per heavy atom. The fourth-order valence-corrected chi connectivity index (χ4v) is 4.27. The molecule has 3 aliphatic carbocycles. The maximum atomic E-state index is 12.7. The molecule has 0 bridgehead atoms. The van der Waals surface area contributed by atoms with Crippen LogP contribution in [0.2, 0.25) is 0 Å². The van der Waals surface area contributed by atoms with E-state index < -0.39 is 5.92 Å². The summed E-state index contributed by atoms with van der Waals surface area (Å²) in [6.07, 6.45) is 5.07. The van der Waals surface area contributed by atoms with E-state index in [4.69, 9.17) is 0 Å². The van der Waals surface area contributed by atoms with E-state index in [9.17, 15) is 13.6 Å². The van der Waals surface area contributed by atoms with Crippen molar-refractivity contribution in [2.24, 2.45) is 16.7 Å². The number of carbonyl (C=O) groups is 1. The monoisotopic (exact) mass is 200 g/mol. The van der Waals surface area contributed by atoms with Crippen LogP contribution in [-0.2, 0) is 4.79 Å². The molecule has 0 aromatic carbocycles. The highest BCUT2D eigenvalue weighted by Gasteiger charge is 2.68. The topological polar surface area (TPSA) is 17.1 Å². The van der Waals surface area contributed by atoms with Gasteiger partial charge >= 0.3 is 0 Å². The maximum absolute atomic E-state index is 12.7. The van der Waals surface area contributed by atoms with Gasteiger partial charge < -0.3 is 4.79 Å². The average molecular weight is 200 g/mol. The molecule has 0 N–H and O–H groups in total. The minimum atomic E-state index is -2.38. The number of rotatable bonds is 1. The van der Waals surface area contributed by atoms with E-state index in [-0.39, 0.29) is 24.2 Å². The van der Waals surface area contributed by atoms with Gasteiger partial charge in [0.25, 0.3) is 0 Å². The van der Waals surface area contributed by atoms with Crippen molar-refractivity contribution in [2.45, 2.75) is 44.4 Å². The van der Waals surface area contributed by atoms with Crippen LogP contribution in [-0.4, -0.2) is 12.2 Å². The predicted molar refractivity (Wildman–Crippen MR) is 47.1 cm³/mol. The Morgan fingerprint density at radius 1 is 1.00 bits per heavy atom. The fraction of sp³-hybridized carbons (Fsp3) is 0.909. The van der Waals surface area contributed by atoms with Crippen molar-refractivity contribution in [1.29, 1.82) is 0 Å². The Labute approximate surface area is 81.9 Å². The molecule has 3 heteroatoms. The lowest BCUT2D eigenvalue weighted by Gasteiger charge is -2.67. The van der Waals surface area contributed by atoms with Gasteiger partial charge in [-0.25, -0.2) is 8.78 Å². The smallest absolute Gasteiger partial charge is 0.249 e. The summed E-state index contributed by atoms with van der Waals surface area (Å²) >= 11 is 0. The first kappa shape index (κ1) is 8.81. The molecule has 0 unspecified atom stereocenters. The number of hydrogen-bond donors (Lipinski definition) is 0. The summed E-state index contributed by atoms with van der Waals surface area (Å²) in [5, 5.41) is 0. The normalized spacial score (nSPS) is 35.9. The summed E-state index contributed by atoms with van der Waals surface area (Å²) in [6.45, 7) is 0. The molecule has 0 saturated heterocycles.